The third kappa shape index (κ3) is 3.09. The van der Waals surface area contributed by atoms with Gasteiger partial charge in [-0.3, -0.25) is 4.98 Å². The van der Waals surface area contributed by atoms with Crippen LogP contribution in [-0.2, 0) is 6.54 Å². The lowest BCUT2D eigenvalue weighted by molar-refractivity contribution is 0.0696. The van der Waals surface area contributed by atoms with Gasteiger partial charge in [0.2, 0.25) is 0 Å². The standard InChI is InChI=1S/C14H12F2N2O2/c1-8-2-3-9(6-17-8)7-18-13-11(15)4-10(14(19)20)5-12(13)16/h2-6,18H,7H2,1H3,(H,19,20). The van der Waals surface area contributed by atoms with Crippen LogP contribution < -0.4 is 5.32 Å². The molecule has 2 rings (SSSR count). The van der Waals surface area contributed by atoms with Crippen molar-refractivity contribution in [1.29, 1.82) is 0 Å². The summed E-state index contributed by atoms with van der Waals surface area (Å²) >= 11 is 0. The van der Waals surface area contributed by atoms with Gasteiger partial charge in [-0.1, -0.05) is 6.07 Å². The van der Waals surface area contributed by atoms with Crippen LogP contribution in [0.25, 0.3) is 0 Å². The fraction of sp³-hybridized carbons (Fsp3) is 0.143. The van der Waals surface area contributed by atoms with E-state index in [2.05, 4.69) is 10.3 Å². The monoisotopic (exact) mass is 278 g/mol. The van der Waals surface area contributed by atoms with Crippen LogP contribution >= 0.6 is 0 Å². The molecule has 104 valence electrons. The second-order valence-electron chi connectivity index (χ2n) is 4.28. The van der Waals surface area contributed by atoms with Gasteiger partial charge in [0.05, 0.1) is 5.56 Å². The lowest BCUT2D eigenvalue weighted by Crippen LogP contribution is -2.07. The predicted molar refractivity (Wildman–Crippen MR) is 69.6 cm³/mol. The fourth-order valence-corrected chi connectivity index (χ4v) is 1.66. The van der Waals surface area contributed by atoms with Crippen LogP contribution in [0.3, 0.4) is 0 Å². The Bertz CT molecular complexity index is 619. The number of nitrogens with zero attached hydrogens (tertiary/aromatic N) is 1. The van der Waals surface area contributed by atoms with Crippen molar-refractivity contribution in [2.24, 2.45) is 0 Å². The average molecular weight is 278 g/mol. The Hall–Kier alpha value is -2.50. The zero-order chi connectivity index (χ0) is 14.7. The van der Waals surface area contributed by atoms with Crippen molar-refractivity contribution in [3.63, 3.8) is 0 Å². The molecule has 20 heavy (non-hydrogen) atoms. The molecule has 0 spiro atoms. The van der Waals surface area contributed by atoms with E-state index in [4.69, 9.17) is 5.11 Å². The minimum absolute atomic E-state index is 0.188. The van der Waals surface area contributed by atoms with Crippen LogP contribution in [0.4, 0.5) is 14.5 Å². The number of aromatic nitrogens is 1. The highest BCUT2D eigenvalue weighted by Crippen LogP contribution is 2.21. The van der Waals surface area contributed by atoms with Crippen molar-refractivity contribution < 1.29 is 18.7 Å². The van der Waals surface area contributed by atoms with E-state index < -0.39 is 23.2 Å². The first-order chi connectivity index (χ1) is 9.47. The van der Waals surface area contributed by atoms with Gasteiger partial charge < -0.3 is 10.4 Å². The fourth-order valence-electron chi connectivity index (χ4n) is 1.66. The molecule has 0 fully saturated rings. The molecule has 1 heterocycles. The Morgan fingerprint density at radius 2 is 1.95 bits per heavy atom. The molecule has 4 nitrogen and oxygen atoms in total. The SMILES string of the molecule is Cc1ccc(CNc2c(F)cc(C(=O)O)cc2F)cn1. The highest BCUT2D eigenvalue weighted by molar-refractivity contribution is 5.88. The zero-order valence-corrected chi connectivity index (χ0v) is 10.7. The molecule has 1 aromatic carbocycles. The highest BCUT2D eigenvalue weighted by Gasteiger charge is 2.14. The molecule has 0 radical (unpaired) electrons. The van der Waals surface area contributed by atoms with Crippen LogP contribution in [0.1, 0.15) is 21.6 Å². The van der Waals surface area contributed by atoms with Crippen molar-refractivity contribution in [3.05, 3.63) is 58.9 Å². The van der Waals surface area contributed by atoms with Crippen molar-refractivity contribution in [2.45, 2.75) is 13.5 Å². The Labute approximate surface area is 114 Å². The number of carboxylic acids is 1. The van der Waals surface area contributed by atoms with E-state index in [1.165, 1.54) is 0 Å². The molecule has 0 aliphatic rings. The summed E-state index contributed by atoms with van der Waals surface area (Å²) in [6.45, 7) is 2.02. The third-order valence-corrected chi connectivity index (χ3v) is 2.73. The number of halogens is 2. The van der Waals surface area contributed by atoms with Crippen LogP contribution in [0.5, 0.6) is 0 Å². The summed E-state index contributed by atoms with van der Waals surface area (Å²) in [6, 6.07) is 5.14. The minimum atomic E-state index is -1.38. The van der Waals surface area contributed by atoms with Gasteiger partial charge in [0.1, 0.15) is 17.3 Å². The molecular formula is C14H12F2N2O2. The Kier molecular flexibility index (Phi) is 3.93. The number of carboxylic acid groups (broad SMARTS) is 1. The van der Waals surface area contributed by atoms with E-state index in [1.54, 1.807) is 18.3 Å². The number of rotatable bonds is 4. The summed E-state index contributed by atoms with van der Waals surface area (Å²) in [6.07, 6.45) is 1.60. The zero-order valence-electron chi connectivity index (χ0n) is 10.7. The molecule has 0 unspecified atom stereocenters. The van der Waals surface area contributed by atoms with Crippen LogP contribution in [0.2, 0.25) is 0 Å². The largest absolute Gasteiger partial charge is 0.478 e. The van der Waals surface area contributed by atoms with E-state index in [0.717, 1.165) is 23.4 Å². The number of carbonyl (C=O) groups is 1. The highest BCUT2D eigenvalue weighted by atomic mass is 19.1. The van der Waals surface area contributed by atoms with Crippen LogP contribution in [0, 0.1) is 18.6 Å². The van der Waals surface area contributed by atoms with Crippen LogP contribution in [-0.4, -0.2) is 16.1 Å². The molecule has 1 aromatic heterocycles. The van der Waals surface area contributed by atoms with Crippen LogP contribution in [0.15, 0.2) is 30.5 Å². The van der Waals surface area contributed by atoms with E-state index >= 15 is 0 Å². The first-order valence-corrected chi connectivity index (χ1v) is 5.85. The van der Waals surface area contributed by atoms with E-state index in [0.29, 0.717) is 0 Å². The molecule has 0 aliphatic heterocycles. The second kappa shape index (κ2) is 5.64. The first kappa shape index (κ1) is 13.9. The van der Waals surface area contributed by atoms with Gasteiger partial charge in [0.25, 0.3) is 0 Å². The maximum Gasteiger partial charge on any atom is 0.335 e. The average Bonchev–Trinajstić information content (AvgIpc) is 2.39. The van der Waals surface area contributed by atoms with Gasteiger partial charge in [-0.25, -0.2) is 13.6 Å². The van der Waals surface area contributed by atoms with Gasteiger partial charge in [-0.2, -0.15) is 0 Å². The van der Waals surface area contributed by atoms with Crippen molar-refractivity contribution in [2.75, 3.05) is 5.32 Å². The van der Waals surface area contributed by atoms with Gasteiger partial charge in [-0.15, -0.1) is 0 Å². The quantitative estimate of drug-likeness (QED) is 0.902. The predicted octanol–water partition coefficient (Wildman–Crippen LogP) is 2.98. The molecule has 2 N–H and O–H groups in total. The van der Waals surface area contributed by atoms with E-state index in [1.807, 2.05) is 6.92 Å². The smallest absolute Gasteiger partial charge is 0.335 e. The van der Waals surface area contributed by atoms with E-state index in [-0.39, 0.29) is 12.2 Å². The maximum absolute atomic E-state index is 13.7. The topological polar surface area (TPSA) is 62.2 Å². The Morgan fingerprint density at radius 1 is 1.30 bits per heavy atom. The Morgan fingerprint density at radius 3 is 2.45 bits per heavy atom. The van der Waals surface area contributed by atoms with E-state index in [9.17, 15) is 13.6 Å². The lowest BCUT2D eigenvalue weighted by atomic mass is 10.1. The summed E-state index contributed by atoms with van der Waals surface area (Å²) in [5, 5.41) is 11.3. The molecule has 0 saturated carbocycles. The number of nitrogens with one attached hydrogen (secondary N) is 1. The summed E-state index contributed by atoms with van der Waals surface area (Å²) in [4.78, 5) is 14.7. The summed E-state index contributed by atoms with van der Waals surface area (Å²) < 4.78 is 27.3. The second-order valence-corrected chi connectivity index (χ2v) is 4.28. The van der Waals surface area contributed by atoms with Crippen molar-refractivity contribution in [3.8, 4) is 0 Å². The minimum Gasteiger partial charge on any atom is -0.478 e. The molecule has 0 saturated heterocycles. The molecule has 2 aromatic rings. The lowest BCUT2D eigenvalue weighted by Gasteiger charge is -2.09. The number of aromatic carboxylic acids is 1. The number of hydrogen-bond donors (Lipinski definition) is 2. The van der Waals surface area contributed by atoms with Gasteiger partial charge in [0, 0.05) is 18.4 Å². The number of benzene rings is 1. The summed E-state index contributed by atoms with van der Waals surface area (Å²) in [7, 11) is 0. The molecule has 0 amide bonds. The molecule has 6 heteroatoms. The number of pyridine rings is 1. The third-order valence-electron chi connectivity index (χ3n) is 2.73. The number of anilines is 1. The molecule has 0 aliphatic carbocycles. The summed E-state index contributed by atoms with van der Waals surface area (Å²) in [5.74, 6) is -3.26. The van der Waals surface area contributed by atoms with Crippen molar-refractivity contribution >= 4 is 11.7 Å². The molecular weight excluding hydrogens is 266 g/mol. The molecule has 0 bridgehead atoms. The van der Waals surface area contributed by atoms with Gasteiger partial charge in [-0.05, 0) is 30.7 Å². The summed E-state index contributed by atoms with van der Waals surface area (Å²) in [5.41, 5.74) is 0.826. The van der Waals surface area contributed by atoms with Gasteiger partial charge >= 0.3 is 5.97 Å². The van der Waals surface area contributed by atoms with Crippen molar-refractivity contribution in [1.82, 2.24) is 4.98 Å². The molecule has 0 atom stereocenters. The number of aryl methyl sites for hydroxylation is 1. The Balaban J connectivity index is 2.17. The van der Waals surface area contributed by atoms with Gasteiger partial charge in [0.15, 0.2) is 0 Å². The number of hydrogen-bond acceptors (Lipinski definition) is 3. The normalized spacial score (nSPS) is 10.3. The first-order valence-electron chi connectivity index (χ1n) is 5.85. The maximum atomic E-state index is 13.7.